The number of fused-ring (bicyclic) bond motifs is 1. The first kappa shape index (κ1) is 18.1. The molecule has 1 aliphatic rings. The first-order valence-corrected chi connectivity index (χ1v) is 9.46. The summed E-state index contributed by atoms with van der Waals surface area (Å²) in [6.45, 7) is 1.09. The number of benzene rings is 2. The SMILES string of the molecule is COc1ccc(NC(=O)[C@H]2CCCN(C(=O)c3cc4ccccc4[nH]3)C2)cc1. The zero-order chi connectivity index (χ0) is 19.5. The van der Waals surface area contributed by atoms with Crippen LogP contribution in [-0.2, 0) is 4.79 Å². The second-order valence-electron chi connectivity index (χ2n) is 7.08. The molecule has 2 aromatic carbocycles. The summed E-state index contributed by atoms with van der Waals surface area (Å²) in [5.74, 6) is 0.410. The maximum Gasteiger partial charge on any atom is 0.270 e. The number of amides is 2. The molecule has 1 aromatic heterocycles. The topological polar surface area (TPSA) is 74.4 Å². The number of H-pyrrole nitrogens is 1. The number of para-hydroxylation sites is 1. The van der Waals surface area contributed by atoms with E-state index in [1.54, 1.807) is 12.0 Å². The fourth-order valence-corrected chi connectivity index (χ4v) is 3.65. The van der Waals surface area contributed by atoms with Crippen LogP contribution in [0.5, 0.6) is 5.75 Å². The highest BCUT2D eigenvalue weighted by atomic mass is 16.5. The molecule has 4 rings (SSSR count). The zero-order valence-electron chi connectivity index (χ0n) is 15.8. The second kappa shape index (κ2) is 7.76. The highest BCUT2D eigenvalue weighted by Crippen LogP contribution is 2.23. The van der Waals surface area contributed by atoms with Gasteiger partial charge < -0.3 is 19.9 Å². The van der Waals surface area contributed by atoms with Gasteiger partial charge in [-0.3, -0.25) is 9.59 Å². The third-order valence-electron chi connectivity index (χ3n) is 5.20. The molecule has 0 spiro atoms. The lowest BCUT2D eigenvalue weighted by Crippen LogP contribution is -2.43. The summed E-state index contributed by atoms with van der Waals surface area (Å²) in [4.78, 5) is 30.5. The third-order valence-corrected chi connectivity index (χ3v) is 5.20. The van der Waals surface area contributed by atoms with Crippen LogP contribution >= 0.6 is 0 Å². The first-order valence-electron chi connectivity index (χ1n) is 9.46. The number of carbonyl (C=O) groups is 2. The van der Waals surface area contributed by atoms with Crippen LogP contribution in [0.25, 0.3) is 10.9 Å². The molecule has 1 saturated heterocycles. The van der Waals surface area contributed by atoms with Gasteiger partial charge in [0.15, 0.2) is 0 Å². The molecular formula is C22H23N3O3. The normalized spacial score (nSPS) is 16.8. The average molecular weight is 377 g/mol. The van der Waals surface area contributed by atoms with Crippen LogP contribution in [0.3, 0.4) is 0 Å². The number of anilines is 1. The summed E-state index contributed by atoms with van der Waals surface area (Å²) in [5.41, 5.74) is 2.24. The molecule has 0 bridgehead atoms. The van der Waals surface area contributed by atoms with Crippen molar-refractivity contribution < 1.29 is 14.3 Å². The van der Waals surface area contributed by atoms with Crippen molar-refractivity contribution >= 4 is 28.4 Å². The molecule has 28 heavy (non-hydrogen) atoms. The Morgan fingerprint density at radius 3 is 2.68 bits per heavy atom. The molecule has 2 amide bonds. The monoisotopic (exact) mass is 377 g/mol. The fourth-order valence-electron chi connectivity index (χ4n) is 3.65. The van der Waals surface area contributed by atoms with E-state index in [0.29, 0.717) is 18.8 Å². The summed E-state index contributed by atoms with van der Waals surface area (Å²) in [7, 11) is 1.61. The molecule has 2 N–H and O–H groups in total. The van der Waals surface area contributed by atoms with E-state index < -0.39 is 0 Å². The number of likely N-dealkylation sites (tertiary alicyclic amines) is 1. The van der Waals surface area contributed by atoms with E-state index in [1.807, 2.05) is 54.6 Å². The van der Waals surface area contributed by atoms with Gasteiger partial charge in [0.1, 0.15) is 11.4 Å². The predicted octanol–water partition coefficient (Wildman–Crippen LogP) is 3.67. The Morgan fingerprint density at radius 2 is 1.93 bits per heavy atom. The Morgan fingerprint density at radius 1 is 1.14 bits per heavy atom. The third kappa shape index (κ3) is 3.71. The Bertz CT molecular complexity index is 961. The highest BCUT2D eigenvalue weighted by molar-refractivity contribution is 5.99. The molecule has 6 nitrogen and oxygen atoms in total. The largest absolute Gasteiger partial charge is 0.497 e. The minimum Gasteiger partial charge on any atom is -0.497 e. The van der Waals surface area contributed by atoms with Crippen LogP contribution in [0.15, 0.2) is 54.6 Å². The summed E-state index contributed by atoms with van der Waals surface area (Å²) in [5, 5.41) is 3.95. The van der Waals surface area contributed by atoms with Crippen molar-refractivity contribution in [2.45, 2.75) is 12.8 Å². The van der Waals surface area contributed by atoms with Gasteiger partial charge in [-0.2, -0.15) is 0 Å². The molecule has 1 fully saturated rings. The minimum absolute atomic E-state index is 0.0562. The quantitative estimate of drug-likeness (QED) is 0.729. The predicted molar refractivity (Wildman–Crippen MR) is 109 cm³/mol. The van der Waals surface area contributed by atoms with Crippen molar-refractivity contribution in [3.05, 3.63) is 60.3 Å². The smallest absolute Gasteiger partial charge is 0.270 e. The molecule has 1 aliphatic heterocycles. The van der Waals surface area contributed by atoms with Crippen LogP contribution in [0.2, 0.25) is 0 Å². The molecule has 2 heterocycles. The van der Waals surface area contributed by atoms with E-state index in [1.165, 1.54) is 0 Å². The van der Waals surface area contributed by atoms with Crippen LogP contribution in [0.4, 0.5) is 5.69 Å². The lowest BCUT2D eigenvalue weighted by atomic mass is 9.96. The van der Waals surface area contributed by atoms with E-state index in [-0.39, 0.29) is 17.7 Å². The van der Waals surface area contributed by atoms with Gasteiger partial charge in [0.2, 0.25) is 5.91 Å². The molecule has 0 saturated carbocycles. The van der Waals surface area contributed by atoms with Crippen LogP contribution in [0, 0.1) is 5.92 Å². The van der Waals surface area contributed by atoms with Gasteiger partial charge in [0.25, 0.3) is 5.91 Å². The van der Waals surface area contributed by atoms with Crippen molar-refractivity contribution in [1.82, 2.24) is 9.88 Å². The van der Waals surface area contributed by atoms with Crippen LogP contribution < -0.4 is 10.1 Å². The summed E-state index contributed by atoms with van der Waals surface area (Å²) >= 11 is 0. The number of carbonyl (C=O) groups excluding carboxylic acids is 2. The molecule has 0 radical (unpaired) electrons. The standard InChI is InChI=1S/C22H23N3O3/c1-28-18-10-8-17(9-11-18)23-21(26)16-6-4-12-25(14-16)22(27)20-13-15-5-2-3-7-19(15)24-20/h2-3,5,7-11,13,16,24H,4,6,12,14H2,1H3,(H,23,26)/t16-/m0/s1. The number of piperidine rings is 1. The fraction of sp³-hybridized carbons (Fsp3) is 0.273. The Balaban J connectivity index is 1.42. The van der Waals surface area contributed by atoms with Crippen molar-refractivity contribution in [1.29, 1.82) is 0 Å². The molecule has 0 aliphatic carbocycles. The van der Waals surface area contributed by atoms with E-state index in [4.69, 9.17) is 4.74 Å². The number of hydrogen-bond donors (Lipinski definition) is 2. The number of nitrogens with one attached hydrogen (secondary N) is 2. The molecule has 1 atom stereocenters. The number of rotatable bonds is 4. The van der Waals surface area contributed by atoms with Gasteiger partial charge in [-0.15, -0.1) is 0 Å². The molecular weight excluding hydrogens is 354 g/mol. The minimum atomic E-state index is -0.218. The number of aromatic amines is 1. The van der Waals surface area contributed by atoms with Gasteiger partial charge in [-0.25, -0.2) is 0 Å². The molecule has 144 valence electrons. The number of ether oxygens (including phenoxy) is 1. The van der Waals surface area contributed by atoms with Crippen molar-refractivity contribution in [2.75, 3.05) is 25.5 Å². The van der Waals surface area contributed by atoms with E-state index >= 15 is 0 Å². The maximum absolute atomic E-state index is 12.9. The maximum atomic E-state index is 12.9. The van der Waals surface area contributed by atoms with Gasteiger partial charge in [-0.05, 0) is 49.2 Å². The summed E-state index contributed by atoms with van der Waals surface area (Å²) in [6.07, 6.45) is 1.59. The van der Waals surface area contributed by atoms with Crippen LogP contribution in [-0.4, -0.2) is 41.9 Å². The number of aromatic nitrogens is 1. The van der Waals surface area contributed by atoms with Crippen molar-refractivity contribution in [3.63, 3.8) is 0 Å². The van der Waals surface area contributed by atoms with Gasteiger partial charge in [-0.1, -0.05) is 18.2 Å². The number of nitrogens with zero attached hydrogens (tertiary/aromatic N) is 1. The zero-order valence-corrected chi connectivity index (χ0v) is 15.8. The van der Waals surface area contributed by atoms with Gasteiger partial charge in [0.05, 0.1) is 13.0 Å². The molecule has 3 aromatic rings. The molecule has 0 unspecified atom stereocenters. The number of hydrogen-bond acceptors (Lipinski definition) is 3. The summed E-state index contributed by atoms with van der Waals surface area (Å²) in [6, 6.07) is 16.9. The molecule has 6 heteroatoms. The van der Waals surface area contributed by atoms with Crippen molar-refractivity contribution in [2.24, 2.45) is 5.92 Å². The average Bonchev–Trinajstić information content (AvgIpc) is 3.18. The van der Waals surface area contributed by atoms with E-state index in [2.05, 4.69) is 10.3 Å². The Kier molecular flexibility index (Phi) is 5.02. The second-order valence-corrected chi connectivity index (χ2v) is 7.08. The Labute approximate surface area is 163 Å². The summed E-state index contributed by atoms with van der Waals surface area (Å²) < 4.78 is 5.13. The lowest BCUT2D eigenvalue weighted by Gasteiger charge is -2.31. The van der Waals surface area contributed by atoms with E-state index in [9.17, 15) is 9.59 Å². The van der Waals surface area contributed by atoms with Crippen LogP contribution in [0.1, 0.15) is 23.3 Å². The van der Waals surface area contributed by atoms with Gasteiger partial charge >= 0.3 is 0 Å². The van der Waals surface area contributed by atoms with E-state index in [0.717, 1.165) is 35.2 Å². The van der Waals surface area contributed by atoms with Gasteiger partial charge in [0, 0.05) is 29.7 Å². The first-order chi connectivity index (χ1) is 13.6. The lowest BCUT2D eigenvalue weighted by molar-refractivity contribution is -0.121. The Hall–Kier alpha value is -3.28. The number of methoxy groups -OCH3 is 1. The van der Waals surface area contributed by atoms with Crippen molar-refractivity contribution in [3.8, 4) is 5.75 Å². The highest BCUT2D eigenvalue weighted by Gasteiger charge is 2.29.